The van der Waals surface area contributed by atoms with Crippen molar-refractivity contribution in [3.63, 3.8) is 0 Å². The van der Waals surface area contributed by atoms with Gasteiger partial charge in [0.15, 0.2) is 6.23 Å². The van der Waals surface area contributed by atoms with Crippen molar-refractivity contribution in [3.05, 3.63) is 36.7 Å². The van der Waals surface area contributed by atoms with E-state index >= 15 is 0 Å². The van der Waals surface area contributed by atoms with Crippen molar-refractivity contribution in [2.75, 3.05) is 26.2 Å². The Balaban J connectivity index is 1.45. The molecule has 1 aromatic carbocycles. The Kier molecular flexibility index (Phi) is 5.67. The number of carbonyl (C=O) groups is 1. The number of aromatic nitrogens is 2. The minimum absolute atomic E-state index is 0.342. The molecular weight excluding hydrogens is 320 g/mol. The number of carbonyl (C=O) groups excluding carboxylic acids is 1. The molecule has 2 aromatic rings. The van der Waals surface area contributed by atoms with Gasteiger partial charge in [0, 0.05) is 31.9 Å². The highest BCUT2D eigenvalue weighted by Gasteiger charge is 2.25. The Bertz CT molecular complexity index is 710. The van der Waals surface area contributed by atoms with Gasteiger partial charge < -0.3 is 15.2 Å². The van der Waals surface area contributed by atoms with Crippen LogP contribution in [-0.2, 0) is 11.8 Å². The van der Waals surface area contributed by atoms with E-state index in [0.717, 1.165) is 42.8 Å². The number of hydrogen-bond acceptors (Lipinski definition) is 5. The largest absolute Gasteiger partial charge is 0.492 e. The van der Waals surface area contributed by atoms with Crippen LogP contribution in [0.25, 0.3) is 11.1 Å². The average molecular weight is 344 g/mol. The summed E-state index contributed by atoms with van der Waals surface area (Å²) in [5.74, 6) is 0.366. The Morgan fingerprint density at radius 2 is 2.16 bits per heavy atom. The molecule has 134 valence electrons. The number of aryl methyl sites for hydroxylation is 1. The minimum Gasteiger partial charge on any atom is -0.492 e. The maximum Gasteiger partial charge on any atom is 0.264 e. The molecule has 1 aromatic heterocycles. The summed E-state index contributed by atoms with van der Waals surface area (Å²) in [6.45, 7) is 2.23. The second kappa shape index (κ2) is 8.13. The van der Waals surface area contributed by atoms with Gasteiger partial charge in [-0.15, -0.1) is 0 Å². The van der Waals surface area contributed by atoms with E-state index in [9.17, 15) is 9.90 Å². The average Bonchev–Trinajstić information content (AvgIpc) is 3.30. The molecule has 1 fully saturated rings. The van der Waals surface area contributed by atoms with Gasteiger partial charge in [-0.05, 0) is 30.5 Å². The lowest BCUT2D eigenvalue weighted by atomic mass is 10.1. The van der Waals surface area contributed by atoms with E-state index in [2.05, 4.69) is 10.4 Å². The molecule has 2 heterocycles. The number of hydrogen-bond donors (Lipinski definition) is 2. The minimum atomic E-state index is -1.06. The number of nitrogens with one attached hydrogen (secondary N) is 1. The number of ether oxygens (including phenoxy) is 1. The monoisotopic (exact) mass is 344 g/mol. The fraction of sp³-hybridized carbons (Fsp3) is 0.444. The van der Waals surface area contributed by atoms with Gasteiger partial charge in [0.1, 0.15) is 12.4 Å². The van der Waals surface area contributed by atoms with Gasteiger partial charge >= 0.3 is 0 Å². The van der Waals surface area contributed by atoms with Crippen LogP contribution in [0.15, 0.2) is 36.7 Å². The third kappa shape index (κ3) is 4.58. The first-order valence-corrected chi connectivity index (χ1v) is 8.55. The van der Waals surface area contributed by atoms with Crippen molar-refractivity contribution >= 4 is 5.91 Å². The quantitative estimate of drug-likeness (QED) is 0.733. The normalized spacial score (nSPS) is 15.9. The zero-order chi connectivity index (χ0) is 17.6. The molecule has 0 spiro atoms. The molecule has 1 aliphatic rings. The summed E-state index contributed by atoms with van der Waals surface area (Å²) in [6.07, 6.45) is 4.75. The Labute approximate surface area is 147 Å². The molecule has 1 amide bonds. The molecule has 1 atom stereocenters. The fourth-order valence-electron chi connectivity index (χ4n) is 2.92. The molecule has 0 bridgehead atoms. The van der Waals surface area contributed by atoms with Crippen molar-refractivity contribution in [2.45, 2.75) is 19.1 Å². The van der Waals surface area contributed by atoms with Crippen LogP contribution in [0.2, 0.25) is 0 Å². The summed E-state index contributed by atoms with van der Waals surface area (Å²) >= 11 is 0. The van der Waals surface area contributed by atoms with Crippen molar-refractivity contribution < 1.29 is 14.6 Å². The molecule has 25 heavy (non-hydrogen) atoms. The van der Waals surface area contributed by atoms with Crippen molar-refractivity contribution in [3.8, 4) is 16.9 Å². The Morgan fingerprint density at radius 3 is 2.88 bits per heavy atom. The number of amides is 1. The maximum absolute atomic E-state index is 11.9. The van der Waals surface area contributed by atoms with Crippen molar-refractivity contribution in [1.82, 2.24) is 20.0 Å². The van der Waals surface area contributed by atoms with Crippen LogP contribution in [0.4, 0.5) is 0 Å². The first-order chi connectivity index (χ1) is 12.1. The van der Waals surface area contributed by atoms with Crippen LogP contribution in [0.5, 0.6) is 5.75 Å². The van der Waals surface area contributed by atoms with Crippen LogP contribution >= 0.6 is 0 Å². The zero-order valence-electron chi connectivity index (χ0n) is 14.4. The third-order valence-electron chi connectivity index (χ3n) is 4.26. The molecule has 7 heteroatoms. The van der Waals surface area contributed by atoms with Crippen LogP contribution < -0.4 is 10.1 Å². The van der Waals surface area contributed by atoms with Crippen molar-refractivity contribution in [1.29, 1.82) is 0 Å². The number of aliphatic hydroxyl groups excluding tert-OH is 1. The van der Waals surface area contributed by atoms with Gasteiger partial charge in [0.25, 0.3) is 5.91 Å². The topological polar surface area (TPSA) is 79.6 Å². The maximum atomic E-state index is 11.9. The molecule has 1 saturated heterocycles. The smallest absolute Gasteiger partial charge is 0.264 e. The van der Waals surface area contributed by atoms with Crippen molar-refractivity contribution in [2.24, 2.45) is 7.05 Å². The lowest BCUT2D eigenvalue weighted by Crippen LogP contribution is -2.46. The Morgan fingerprint density at radius 1 is 1.36 bits per heavy atom. The molecule has 0 aliphatic carbocycles. The lowest BCUT2D eigenvalue weighted by molar-refractivity contribution is -0.138. The van der Waals surface area contributed by atoms with E-state index in [1.807, 2.05) is 37.5 Å². The van der Waals surface area contributed by atoms with Gasteiger partial charge in [-0.1, -0.05) is 12.1 Å². The van der Waals surface area contributed by atoms with Crippen LogP contribution in [-0.4, -0.2) is 58.2 Å². The van der Waals surface area contributed by atoms with Gasteiger partial charge in [0.2, 0.25) is 0 Å². The highest BCUT2D eigenvalue weighted by atomic mass is 16.5. The van der Waals surface area contributed by atoms with Gasteiger partial charge in [-0.25, -0.2) is 0 Å². The second-order valence-corrected chi connectivity index (χ2v) is 6.19. The standard InChI is InChI=1S/C18H24N4O3/c1-21-13-15(12-20-21)14-5-4-6-16(11-14)25-10-7-19-17(23)18(24)22-8-2-3-9-22/h4-6,11-13,18,24H,2-3,7-10H2,1H3,(H,19,23). The highest BCUT2D eigenvalue weighted by molar-refractivity contribution is 5.80. The summed E-state index contributed by atoms with van der Waals surface area (Å²) in [4.78, 5) is 13.7. The molecular formula is C18H24N4O3. The summed E-state index contributed by atoms with van der Waals surface area (Å²) in [5.41, 5.74) is 2.05. The molecule has 0 saturated carbocycles. The number of benzene rings is 1. The summed E-state index contributed by atoms with van der Waals surface area (Å²) in [6, 6.07) is 7.74. The summed E-state index contributed by atoms with van der Waals surface area (Å²) < 4.78 is 7.45. The zero-order valence-corrected chi connectivity index (χ0v) is 14.4. The van der Waals surface area contributed by atoms with Crippen LogP contribution in [0, 0.1) is 0 Å². The molecule has 1 aliphatic heterocycles. The van der Waals surface area contributed by atoms with E-state index in [-0.39, 0.29) is 5.91 Å². The van der Waals surface area contributed by atoms with E-state index < -0.39 is 6.23 Å². The SMILES string of the molecule is Cn1cc(-c2cccc(OCCNC(=O)C(O)N3CCCC3)c2)cn1. The molecule has 3 rings (SSSR count). The third-order valence-corrected chi connectivity index (χ3v) is 4.26. The number of aliphatic hydroxyl groups is 1. The molecule has 7 nitrogen and oxygen atoms in total. The second-order valence-electron chi connectivity index (χ2n) is 6.19. The van der Waals surface area contributed by atoms with Crippen LogP contribution in [0.1, 0.15) is 12.8 Å². The first kappa shape index (κ1) is 17.4. The Hall–Kier alpha value is -2.38. The number of nitrogens with zero attached hydrogens (tertiary/aromatic N) is 3. The van der Waals surface area contributed by atoms with E-state index in [4.69, 9.17) is 4.74 Å². The highest BCUT2D eigenvalue weighted by Crippen LogP contribution is 2.23. The fourth-order valence-corrected chi connectivity index (χ4v) is 2.92. The predicted octanol–water partition coefficient (Wildman–Crippen LogP) is 0.996. The van der Waals surface area contributed by atoms with Gasteiger partial charge in [-0.2, -0.15) is 5.10 Å². The first-order valence-electron chi connectivity index (χ1n) is 8.55. The van der Waals surface area contributed by atoms with E-state index in [1.165, 1.54) is 0 Å². The van der Waals surface area contributed by atoms with Gasteiger partial charge in [0.05, 0.1) is 12.7 Å². The number of rotatable bonds is 7. The lowest BCUT2D eigenvalue weighted by Gasteiger charge is -2.21. The summed E-state index contributed by atoms with van der Waals surface area (Å²) in [7, 11) is 1.88. The molecule has 0 radical (unpaired) electrons. The van der Waals surface area contributed by atoms with E-state index in [0.29, 0.717) is 13.2 Å². The number of likely N-dealkylation sites (tertiary alicyclic amines) is 1. The van der Waals surface area contributed by atoms with Crippen LogP contribution in [0.3, 0.4) is 0 Å². The molecule has 2 N–H and O–H groups in total. The summed E-state index contributed by atoms with van der Waals surface area (Å²) in [5, 5.41) is 16.8. The molecule has 1 unspecified atom stereocenters. The predicted molar refractivity (Wildman–Crippen MR) is 94.0 cm³/mol. The van der Waals surface area contributed by atoms with Gasteiger partial charge in [-0.3, -0.25) is 14.4 Å². The van der Waals surface area contributed by atoms with E-state index in [1.54, 1.807) is 15.8 Å².